The van der Waals surface area contributed by atoms with Gasteiger partial charge in [0.1, 0.15) is 6.61 Å². The number of rotatable bonds is 7. The van der Waals surface area contributed by atoms with Gasteiger partial charge >= 0.3 is 18.0 Å². The Morgan fingerprint density at radius 3 is 2.52 bits per heavy atom. The fourth-order valence-electron chi connectivity index (χ4n) is 1.99. The first kappa shape index (κ1) is 17.0. The predicted octanol–water partition coefficient (Wildman–Crippen LogP) is 0.652. The number of hydrogen-bond donors (Lipinski definition) is 0. The van der Waals surface area contributed by atoms with Crippen LogP contribution in [0.2, 0.25) is 0 Å². The van der Waals surface area contributed by atoms with E-state index in [0.717, 1.165) is 0 Å². The maximum atomic E-state index is 12.1. The highest BCUT2D eigenvalue weighted by molar-refractivity contribution is 5.87. The number of urea groups is 1. The van der Waals surface area contributed by atoms with Crippen molar-refractivity contribution in [1.29, 1.82) is 0 Å². The van der Waals surface area contributed by atoms with Crippen LogP contribution in [0.15, 0.2) is 12.2 Å². The molecule has 0 radical (unpaired) electrons. The van der Waals surface area contributed by atoms with Crippen molar-refractivity contribution in [2.24, 2.45) is 5.92 Å². The standard InChI is InChI=1S/C14H22N2O5/c1-10(2)12(17)21-8-7-15-5-6-16(14(15)19)9-11(3)13(18)20-4/h11H,1,5-9H2,2-4H3. The van der Waals surface area contributed by atoms with Gasteiger partial charge in [-0.25, -0.2) is 9.59 Å². The summed E-state index contributed by atoms with van der Waals surface area (Å²) < 4.78 is 9.60. The monoisotopic (exact) mass is 298 g/mol. The lowest BCUT2D eigenvalue weighted by Gasteiger charge is -2.20. The Morgan fingerprint density at radius 1 is 1.33 bits per heavy atom. The molecule has 1 aliphatic heterocycles. The van der Waals surface area contributed by atoms with Gasteiger partial charge in [0.05, 0.1) is 19.6 Å². The van der Waals surface area contributed by atoms with Crippen LogP contribution in [0.3, 0.4) is 0 Å². The topological polar surface area (TPSA) is 76.2 Å². The van der Waals surface area contributed by atoms with Crippen LogP contribution in [-0.2, 0) is 19.1 Å². The fourth-order valence-corrected chi connectivity index (χ4v) is 1.99. The predicted molar refractivity (Wildman–Crippen MR) is 75.5 cm³/mol. The summed E-state index contributed by atoms with van der Waals surface area (Å²) in [5.41, 5.74) is 0.330. The molecule has 0 spiro atoms. The van der Waals surface area contributed by atoms with Crippen molar-refractivity contribution >= 4 is 18.0 Å². The number of ether oxygens (including phenoxy) is 2. The highest BCUT2D eigenvalue weighted by Crippen LogP contribution is 2.12. The molecule has 0 aromatic rings. The zero-order valence-electron chi connectivity index (χ0n) is 12.8. The third kappa shape index (κ3) is 4.77. The van der Waals surface area contributed by atoms with Crippen LogP contribution in [0.25, 0.3) is 0 Å². The third-order valence-electron chi connectivity index (χ3n) is 3.22. The van der Waals surface area contributed by atoms with Crippen LogP contribution >= 0.6 is 0 Å². The maximum Gasteiger partial charge on any atom is 0.333 e. The molecule has 118 valence electrons. The van der Waals surface area contributed by atoms with Gasteiger partial charge in [-0.3, -0.25) is 4.79 Å². The van der Waals surface area contributed by atoms with E-state index in [1.807, 2.05) is 0 Å². The molecule has 1 fully saturated rings. The maximum absolute atomic E-state index is 12.1. The average molecular weight is 298 g/mol. The third-order valence-corrected chi connectivity index (χ3v) is 3.22. The molecule has 1 aliphatic rings. The highest BCUT2D eigenvalue weighted by atomic mass is 16.5. The van der Waals surface area contributed by atoms with Crippen LogP contribution in [0.5, 0.6) is 0 Å². The first-order valence-corrected chi connectivity index (χ1v) is 6.81. The van der Waals surface area contributed by atoms with Crippen LogP contribution in [-0.4, -0.2) is 67.7 Å². The summed E-state index contributed by atoms with van der Waals surface area (Å²) in [6.07, 6.45) is 0. The lowest BCUT2D eigenvalue weighted by atomic mass is 10.2. The first-order valence-electron chi connectivity index (χ1n) is 6.81. The Morgan fingerprint density at radius 2 is 1.95 bits per heavy atom. The molecule has 0 bridgehead atoms. The van der Waals surface area contributed by atoms with E-state index >= 15 is 0 Å². The molecule has 0 aromatic carbocycles. The Balaban J connectivity index is 2.38. The summed E-state index contributed by atoms with van der Waals surface area (Å²) in [6, 6.07) is -0.155. The summed E-state index contributed by atoms with van der Waals surface area (Å²) in [6.45, 7) is 8.67. The molecule has 1 atom stereocenters. The minimum atomic E-state index is -0.460. The van der Waals surface area contributed by atoms with Crippen molar-refractivity contribution in [3.63, 3.8) is 0 Å². The number of esters is 2. The zero-order chi connectivity index (χ0) is 16.0. The molecule has 7 heteroatoms. The van der Waals surface area contributed by atoms with Crippen molar-refractivity contribution in [2.75, 3.05) is 39.9 Å². The molecule has 1 saturated heterocycles. The van der Waals surface area contributed by atoms with Gasteiger partial charge in [0.25, 0.3) is 0 Å². The van der Waals surface area contributed by atoms with Gasteiger partial charge in [-0.15, -0.1) is 0 Å². The molecule has 1 unspecified atom stereocenters. The SMILES string of the molecule is C=C(C)C(=O)OCCN1CCN(CC(C)C(=O)OC)C1=O. The molecule has 2 amide bonds. The zero-order valence-corrected chi connectivity index (χ0v) is 12.8. The first-order chi connectivity index (χ1) is 9.86. The minimum Gasteiger partial charge on any atom is -0.469 e. The van der Waals surface area contributed by atoms with E-state index in [4.69, 9.17) is 4.74 Å². The molecular weight excluding hydrogens is 276 g/mol. The van der Waals surface area contributed by atoms with E-state index in [2.05, 4.69) is 11.3 Å². The number of carbonyl (C=O) groups is 3. The second-order valence-electron chi connectivity index (χ2n) is 5.06. The van der Waals surface area contributed by atoms with Gasteiger partial charge in [0.2, 0.25) is 0 Å². The minimum absolute atomic E-state index is 0.137. The lowest BCUT2D eigenvalue weighted by molar-refractivity contribution is -0.145. The lowest BCUT2D eigenvalue weighted by Crippen LogP contribution is -2.37. The van der Waals surface area contributed by atoms with Gasteiger partial charge < -0.3 is 19.3 Å². The van der Waals surface area contributed by atoms with E-state index in [-0.39, 0.29) is 24.5 Å². The molecule has 0 saturated carbocycles. The normalized spacial score (nSPS) is 15.9. The highest BCUT2D eigenvalue weighted by Gasteiger charge is 2.30. The van der Waals surface area contributed by atoms with Gasteiger partial charge in [-0.1, -0.05) is 13.5 Å². The quantitative estimate of drug-likeness (QED) is 0.509. The van der Waals surface area contributed by atoms with Crippen LogP contribution in [0, 0.1) is 5.92 Å². The Labute approximate surface area is 124 Å². The molecule has 21 heavy (non-hydrogen) atoms. The average Bonchev–Trinajstić information content (AvgIpc) is 2.79. The van der Waals surface area contributed by atoms with Crippen molar-refractivity contribution < 1.29 is 23.9 Å². The van der Waals surface area contributed by atoms with Gasteiger partial charge in [0.15, 0.2) is 0 Å². The van der Waals surface area contributed by atoms with Crippen molar-refractivity contribution in [3.05, 3.63) is 12.2 Å². The number of carbonyl (C=O) groups excluding carboxylic acids is 3. The van der Waals surface area contributed by atoms with E-state index in [1.54, 1.807) is 23.6 Å². The Kier molecular flexibility index (Phi) is 6.20. The van der Waals surface area contributed by atoms with E-state index in [9.17, 15) is 14.4 Å². The summed E-state index contributed by atoms with van der Waals surface area (Å²) in [4.78, 5) is 37.9. The molecule has 0 N–H and O–H groups in total. The number of hydrogen-bond acceptors (Lipinski definition) is 5. The molecule has 0 aliphatic carbocycles. The van der Waals surface area contributed by atoms with Crippen LogP contribution in [0.4, 0.5) is 4.79 Å². The van der Waals surface area contributed by atoms with Gasteiger partial charge in [0, 0.05) is 25.2 Å². The summed E-state index contributed by atoms with van der Waals surface area (Å²) in [5.74, 6) is -1.16. The molecule has 1 heterocycles. The van der Waals surface area contributed by atoms with E-state index < -0.39 is 5.97 Å². The van der Waals surface area contributed by atoms with E-state index in [0.29, 0.717) is 31.8 Å². The number of methoxy groups -OCH3 is 1. The molecule has 7 nitrogen and oxygen atoms in total. The number of amides is 2. The fraction of sp³-hybridized carbons (Fsp3) is 0.643. The number of nitrogens with zero attached hydrogens (tertiary/aromatic N) is 2. The van der Waals surface area contributed by atoms with Crippen LogP contribution in [0.1, 0.15) is 13.8 Å². The van der Waals surface area contributed by atoms with Crippen molar-refractivity contribution in [1.82, 2.24) is 9.80 Å². The second kappa shape index (κ2) is 7.66. The van der Waals surface area contributed by atoms with Gasteiger partial charge in [-0.05, 0) is 6.92 Å². The summed E-state index contributed by atoms with van der Waals surface area (Å²) in [7, 11) is 1.33. The van der Waals surface area contributed by atoms with Crippen LogP contribution < -0.4 is 0 Å². The Bertz CT molecular complexity index is 435. The second-order valence-corrected chi connectivity index (χ2v) is 5.06. The summed E-state index contributed by atoms with van der Waals surface area (Å²) >= 11 is 0. The smallest absolute Gasteiger partial charge is 0.333 e. The Hall–Kier alpha value is -2.05. The van der Waals surface area contributed by atoms with Crippen molar-refractivity contribution in [3.8, 4) is 0 Å². The molecular formula is C14H22N2O5. The largest absolute Gasteiger partial charge is 0.469 e. The molecule has 1 rings (SSSR count). The summed E-state index contributed by atoms with van der Waals surface area (Å²) in [5, 5.41) is 0. The van der Waals surface area contributed by atoms with E-state index in [1.165, 1.54) is 7.11 Å². The molecule has 0 aromatic heterocycles. The van der Waals surface area contributed by atoms with Crippen molar-refractivity contribution in [2.45, 2.75) is 13.8 Å². The van der Waals surface area contributed by atoms with Gasteiger partial charge in [-0.2, -0.15) is 0 Å².